The molecule has 1 aromatic carbocycles. The van der Waals surface area contributed by atoms with Gasteiger partial charge in [-0.25, -0.2) is 0 Å². The molecule has 122 valence electrons. The molecule has 1 aromatic rings. The highest BCUT2D eigenvalue weighted by atomic mass is 19.4. The van der Waals surface area contributed by atoms with Crippen molar-refractivity contribution >= 4 is 0 Å². The lowest BCUT2D eigenvalue weighted by atomic mass is 9.77. The van der Waals surface area contributed by atoms with Crippen LogP contribution in [0.15, 0.2) is 24.3 Å². The molecule has 0 heterocycles. The van der Waals surface area contributed by atoms with Crippen LogP contribution < -0.4 is 14.2 Å². The van der Waals surface area contributed by atoms with Gasteiger partial charge < -0.3 is 14.2 Å². The van der Waals surface area contributed by atoms with Crippen molar-refractivity contribution in [1.29, 1.82) is 0 Å². The third-order valence-electron chi connectivity index (χ3n) is 4.22. The smallest absolute Gasteiger partial charge is 0.398 e. The summed E-state index contributed by atoms with van der Waals surface area (Å²) in [7, 11) is 4.18. The first-order chi connectivity index (χ1) is 10.3. The fourth-order valence-corrected chi connectivity index (χ4v) is 3.00. The quantitative estimate of drug-likeness (QED) is 0.777. The Morgan fingerprint density at radius 2 is 1.59 bits per heavy atom. The number of rotatable bonds is 4. The molecule has 1 fully saturated rings. The van der Waals surface area contributed by atoms with Crippen LogP contribution in [0.1, 0.15) is 24.8 Å². The molecule has 0 aromatic heterocycles. The molecule has 0 aliphatic heterocycles. The van der Waals surface area contributed by atoms with Gasteiger partial charge in [0.05, 0.1) is 26.7 Å². The molecule has 0 amide bonds. The van der Waals surface area contributed by atoms with E-state index in [0.717, 1.165) is 0 Å². The Hall–Kier alpha value is -1.85. The van der Waals surface area contributed by atoms with E-state index in [0.29, 0.717) is 12.0 Å². The Labute approximate surface area is 127 Å². The Bertz CT molecular complexity index is 555. The number of allylic oxidation sites excluding steroid dienone is 1. The molecule has 3 nitrogen and oxygen atoms in total. The van der Waals surface area contributed by atoms with Gasteiger partial charge in [0.1, 0.15) is 0 Å². The Morgan fingerprint density at radius 3 is 1.91 bits per heavy atom. The van der Waals surface area contributed by atoms with Crippen molar-refractivity contribution in [3.63, 3.8) is 0 Å². The van der Waals surface area contributed by atoms with E-state index in [1.165, 1.54) is 33.5 Å². The Kier molecular flexibility index (Phi) is 4.31. The first-order valence-corrected chi connectivity index (χ1v) is 6.83. The average molecular weight is 316 g/mol. The van der Waals surface area contributed by atoms with E-state index >= 15 is 0 Å². The maximum atomic E-state index is 13.8. The fraction of sp³-hybridized carbons (Fsp3) is 0.500. The molecular formula is C16H19F3O3. The number of ether oxygens (including phenoxy) is 3. The van der Waals surface area contributed by atoms with Crippen LogP contribution in [0.3, 0.4) is 0 Å². The van der Waals surface area contributed by atoms with Gasteiger partial charge in [0.15, 0.2) is 11.5 Å². The summed E-state index contributed by atoms with van der Waals surface area (Å²) in [4.78, 5) is 0. The standard InChI is InChI=1S/C16H19F3O3/c1-10-5-6-15(9-10,16(17,18)19)11-7-12(20-2)14(22-4)13(8-11)21-3/h7-8H,1,5-6,9H2,2-4H3. The highest BCUT2D eigenvalue weighted by Gasteiger charge is 2.58. The number of methoxy groups -OCH3 is 3. The summed E-state index contributed by atoms with van der Waals surface area (Å²) in [6.45, 7) is 3.72. The molecule has 1 aliphatic rings. The van der Waals surface area contributed by atoms with Gasteiger partial charge in [-0.2, -0.15) is 13.2 Å². The first-order valence-electron chi connectivity index (χ1n) is 6.83. The number of hydrogen-bond donors (Lipinski definition) is 0. The van der Waals surface area contributed by atoms with Gasteiger partial charge in [0, 0.05) is 0 Å². The second-order valence-electron chi connectivity index (χ2n) is 5.42. The summed E-state index contributed by atoms with van der Waals surface area (Å²) in [6, 6.07) is 2.76. The number of hydrogen-bond acceptors (Lipinski definition) is 3. The van der Waals surface area contributed by atoms with Gasteiger partial charge in [-0.1, -0.05) is 12.2 Å². The van der Waals surface area contributed by atoms with Crippen molar-refractivity contribution in [3.05, 3.63) is 29.8 Å². The van der Waals surface area contributed by atoms with Gasteiger partial charge in [0.2, 0.25) is 5.75 Å². The zero-order valence-corrected chi connectivity index (χ0v) is 12.8. The molecule has 0 bridgehead atoms. The lowest BCUT2D eigenvalue weighted by Crippen LogP contribution is -2.39. The topological polar surface area (TPSA) is 27.7 Å². The molecular weight excluding hydrogens is 297 g/mol. The molecule has 1 saturated carbocycles. The summed E-state index contributed by atoms with van der Waals surface area (Å²) in [5, 5.41) is 0. The highest BCUT2D eigenvalue weighted by Crippen LogP contribution is 2.55. The molecule has 0 saturated heterocycles. The van der Waals surface area contributed by atoms with Crippen molar-refractivity contribution in [2.75, 3.05) is 21.3 Å². The molecule has 2 rings (SSSR count). The van der Waals surface area contributed by atoms with Crippen LogP contribution in [0.4, 0.5) is 13.2 Å². The maximum Gasteiger partial charge on any atom is 0.398 e. The second kappa shape index (κ2) is 5.74. The number of halogens is 3. The lowest BCUT2D eigenvalue weighted by molar-refractivity contribution is -0.188. The van der Waals surface area contributed by atoms with Gasteiger partial charge in [-0.3, -0.25) is 0 Å². The van der Waals surface area contributed by atoms with Crippen molar-refractivity contribution < 1.29 is 27.4 Å². The normalized spacial score (nSPS) is 21.8. The highest BCUT2D eigenvalue weighted by molar-refractivity contribution is 5.56. The maximum absolute atomic E-state index is 13.8. The summed E-state index contributed by atoms with van der Waals surface area (Å²) in [6.07, 6.45) is -4.16. The Balaban J connectivity index is 2.66. The van der Waals surface area contributed by atoms with Crippen molar-refractivity contribution in [2.24, 2.45) is 0 Å². The largest absolute Gasteiger partial charge is 0.493 e. The molecule has 0 spiro atoms. The lowest BCUT2D eigenvalue weighted by Gasteiger charge is -2.32. The van der Waals surface area contributed by atoms with Crippen LogP contribution >= 0.6 is 0 Å². The molecule has 1 unspecified atom stereocenters. The Morgan fingerprint density at radius 1 is 1.05 bits per heavy atom. The van der Waals surface area contributed by atoms with E-state index in [1.54, 1.807) is 0 Å². The van der Waals surface area contributed by atoms with E-state index in [1.807, 2.05) is 0 Å². The van der Waals surface area contributed by atoms with Gasteiger partial charge >= 0.3 is 6.18 Å². The average Bonchev–Trinajstić information content (AvgIpc) is 2.88. The van der Waals surface area contributed by atoms with Crippen LogP contribution in [0.2, 0.25) is 0 Å². The van der Waals surface area contributed by atoms with Gasteiger partial charge in [-0.15, -0.1) is 0 Å². The monoisotopic (exact) mass is 316 g/mol. The number of benzene rings is 1. The van der Waals surface area contributed by atoms with Gasteiger partial charge in [0.25, 0.3) is 0 Å². The third-order valence-corrected chi connectivity index (χ3v) is 4.22. The molecule has 1 aliphatic carbocycles. The molecule has 0 N–H and O–H groups in total. The minimum Gasteiger partial charge on any atom is -0.493 e. The second-order valence-corrected chi connectivity index (χ2v) is 5.42. The SMILES string of the molecule is C=C1CCC(c2cc(OC)c(OC)c(OC)c2)(C(F)(F)F)C1. The van der Waals surface area contributed by atoms with E-state index in [4.69, 9.17) is 14.2 Å². The minimum absolute atomic E-state index is 0.0199. The van der Waals surface area contributed by atoms with Crippen LogP contribution in [0.5, 0.6) is 17.2 Å². The molecule has 0 radical (unpaired) electrons. The predicted octanol–water partition coefficient (Wildman–Crippen LogP) is 4.25. The summed E-state index contributed by atoms with van der Waals surface area (Å²) >= 11 is 0. The van der Waals surface area contributed by atoms with Crippen molar-refractivity contribution in [2.45, 2.75) is 30.9 Å². The third kappa shape index (κ3) is 2.51. The summed E-state index contributed by atoms with van der Waals surface area (Å²) in [5.74, 6) is 0.721. The molecule has 1 atom stereocenters. The van der Waals surface area contributed by atoms with Crippen LogP contribution in [-0.4, -0.2) is 27.5 Å². The van der Waals surface area contributed by atoms with E-state index in [-0.39, 0.29) is 35.7 Å². The molecule has 6 heteroatoms. The fourth-order valence-electron chi connectivity index (χ4n) is 3.00. The van der Waals surface area contributed by atoms with Gasteiger partial charge in [-0.05, 0) is 37.0 Å². The van der Waals surface area contributed by atoms with E-state index in [9.17, 15) is 13.2 Å². The van der Waals surface area contributed by atoms with Crippen LogP contribution in [-0.2, 0) is 5.41 Å². The van der Waals surface area contributed by atoms with Crippen LogP contribution in [0, 0.1) is 0 Å². The van der Waals surface area contributed by atoms with Crippen molar-refractivity contribution in [1.82, 2.24) is 0 Å². The van der Waals surface area contributed by atoms with E-state index in [2.05, 4.69) is 6.58 Å². The zero-order valence-electron chi connectivity index (χ0n) is 12.8. The molecule has 22 heavy (non-hydrogen) atoms. The minimum atomic E-state index is -4.38. The van der Waals surface area contributed by atoms with E-state index < -0.39 is 11.6 Å². The zero-order chi connectivity index (χ0) is 16.5. The van der Waals surface area contributed by atoms with Crippen LogP contribution in [0.25, 0.3) is 0 Å². The summed E-state index contributed by atoms with van der Waals surface area (Å²) < 4.78 is 56.8. The summed E-state index contributed by atoms with van der Waals surface area (Å²) in [5.41, 5.74) is -1.23. The number of alkyl halides is 3. The van der Waals surface area contributed by atoms with Crippen molar-refractivity contribution in [3.8, 4) is 17.2 Å². The predicted molar refractivity (Wildman–Crippen MR) is 76.8 cm³/mol. The first kappa shape index (κ1) is 16.5.